The molecule has 0 aromatic heterocycles. The molecule has 0 spiro atoms. The van der Waals surface area contributed by atoms with Gasteiger partial charge in [0.2, 0.25) is 11.8 Å². The van der Waals surface area contributed by atoms with Gasteiger partial charge < -0.3 is 4.90 Å². The van der Waals surface area contributed by atoms with E-state index >= 15 is 0 Å². The van der Waals surface area contributed by atoms with Crippen molar-refractivity contribution in [3.8, 4) is 0 Å². The predicted octanol–water partition coefficient (Wildman–Crippen LogP) is 0.771. The van der Waals surface area contributed by atoms with Crippen LogP contribution in [0.4, 0.5) is 0 Å². The van der Waals surface area contributed by atoms with E-state index in [0.29, 0.717) is 10.5 Å². The Morgan fingerprint density at radius 1 is 1.42 bits per heavy atom. The van der Waals surface area contributed by atoms with Crippen LogP contribution in [0.2, 0.25) is 0 Å². The normalized spacial score (nSPS) is 19.3. The number of benzene rings is 1. The lowest BCUT2D eigenvalue weighted by molar-refractivity contribution is -0.138. The molecular weight excluding hydrogens is 264 g/mol. The summed E-state index contributed by atoms with van der Waals surface area (Å²) in [6.07, 6.45) is 0. The number of nitrogens with zero attached hydrogens (tertiary/aromatic N) is 1. The number of piperazine rings is 1. The molecule has 1 unspecified atom stereocenters. The van der Waals surface area contributed by atoms with E-state index in [1.807, 2.05) is 0 Å². The Morgan fingerprint density at radius 2 is 2.11 bits per heavy atom. The van der Waals surface area contributed by atoms with Crippen molar-refractivity contribution in [2.24, 2.45) is 0 Å². The van der Waals surface area contributed by atoms with Crippen LogP contribution in [-0.2, 0) is 9.59 Å². The molecule has 0 bridgehead atoms. The summed E-state index contributed by atoms with van der Waals surface area (Å²) in [5.41, 5.74) is 1.25. The molecule has 0 radical (unpaired) electrons. The van der Waals surface area contributed by atoms with Crippen LogP contribution in [0.5, 0.6) is 0 Å². The van der Waals surface area contributed by atoms with Crippen molar-refractivity contribution in [2.45, 2.75) is 24.8 Å². The minimum atomic E-state index is -0.659. The van der Waals surface area contributed by atoms with Crippen LogP contribution in [0.25, 0.3) is 0 Å². The molecule has 1 aliphatic heterocycles. The van der Waals surface area contributed by atoms with Gasteiger partial charge in [-0.15, -0.1) is 12.6 Å². The van der Waals surface area contributed by atoms with Crippen molar-refractivity contribution in [3.05, 3.63) is 29.3 Å². The first kappa shape index (κ1) is 13.6. The number of carbonyl (C=O) groups is 3. The highest BCUT2D eigenvalue weighted by molar-refractivity contribution is 7.80. The van der Waals surface area contributed by atoms with Gasteiger partial charge in [-0.05, 0) is 31.5 Å². The first-order valence-corrected chi connectivity index (χ1v) is 6.29. The molecule has 1 aromatic carbocycles. The molecule has 19 heavy (non-hydrogen) atoms. The van der Waals surface area contributed by atoms with Crippen LogP contribution < -0.4 is 5.32 Å². The highest BCUT2D eigenvalue weighted by Crippen LogP contribution is 2.18. The smallest absolute Gasteiger partial charge is 0.255 e. The first-order chi connectivity index (χ1) is 8.90. The summed E-state index contributed by atoms with van der Waals surface area (Å²) >= 11 is 4.20. The molecule has 2 rings (SSSR count). The molecule has 1 fully saturated rings. The molecule has 3 amide bonds. The van der Waals surface area contributed by atoms with Crippen molar-refractivity contribution in [1.82, 2.24) is 10.2 Å². The van der Waals surface area contributed by atoms with Gasteiger partial charge in [-0.3, -0.25) is 19.7 Å². The maximum Gasteiger partial charge on any atom is 0.255 e. The molecule has 1 aromatic rings. The van der Waals surface area contributed by atoms with E-state index in [-0.39, 0.29) is 12.5 Å². The molecule has 0 saturated carbocycles. The summed E-state index contributed by atoms with van der Waals surface area (Å²) in [6.45, 7) is 3.29. The number of aryl methyl sites for hydroxylation is 1. The maximum absolute atomic E-state index is 12.4. The highest BCUT2D eigenvalue weighted by Gasteiger charge is 2.34. The number of imide groups is 1. The Hall–Kier alpha value is -1.82. The zero-order valence-corrected chi connectivity index (χ0v) is 11.5. The van der Waals surface area contributed by atoms with Gasteiger partial charge in [0, 0.05) is 10.5 Å². The van der Waals surface area contributed by atoms with Crippen molar-refractivity contribution < 1.29 is 14.4 Å². The second-order valence-corrected chi connectivity index (χ2v) is 5.04. The van der Waals surface area contributed by atoms with Gasteiger partial charge in [0.05, 0.1) is 0 Å². The fourth-order valence-corrected chi connectivity index (χ4v) is 2.16. The van der Waals surface area contributed by atoms with Crippen LogP contribution in [0.15, 0.2) is 23.1 Å². The van der Waals surface area contributed by atoms with E-state index in [1.165, 1.54) is 4.90 Å². The molecule has 5 nitrogen and oxygen atoms in total. The summed E-state index contributed by atoms with van der Waals surface area (Å²) in [5.74, 6) is -1.25. The average Bonchev–Trinajstić information content (AvgIpc) is 2.36. The second kappa shape index (κ2) is 5.05. The van der Waals surface area contributed by atoms with E-state index < -0.39 is 17.9 Å². The summed E-state index contributed by atoms with van der Waals surface area (Å²) in [6, 6.07) is 4.55. The van der Waals surface area contributed by atoms with E-state index in [4.69, 9.17) is 0 Å². The van der Waals surface area contributed by atoms with E-state index in [2.05, 4.69) is 17.9 Å². The Balaban J connectivity index is 2.35. The zero-order valence-electron chi connectivity index (χ0n) is 10.6. The highest BCUT2D eigenvalue weighted by atomic mass is 32.1. The molecule has 1 N–H and O–H groups in total. The minimum absolute atomic E-state index is 0.109. The number of thiol groups is 1. The Labute approximate surface area is 116 Å². The van der Waals surface area contributed by atoms with Gasteiger partial charge in [0.15, 0.2) is 0 Å². The monoisotopic (exact) mass is 278 g/mol. The zero-order chi connectivity index (χ0) is 14.2. The third kappa shape index (κ3) is 2.63. The molecule has 1 aliphatic rings. The molecule has 1 heterocycles. The SMILES string of the molecule is Cc1ccc(S)cc1C(=O)N1CC(=O)NC(=O)C1C. The van der Waals surface area contributed by atoms with E-state index in [9.17, 15) is 14.4 Å². The number of rotatable bonds is 1. The van der Waals surface area contributed by atoms with Crippen LogP contribution in [0.3, 0.4) is 0 Å². The van der Waals surface area contributed by atoms with Gasteiger partial charge in [-0.2, -0.15) is 0 Å². The quantitative estimate of drug-likeness (QED) is 0.589. The average molecular weight is 278 g/mol. The van der Waals surface area contributed by atoms with Crippen LogP contribution in [0, 0.1) is 6.92 Å². The van der Waals surface area contributed by atoms with E-state index in [1.54, 1.807) is 32.0 Å². The topological polar surface area (TPSA) is 66.5 Å². The van der Waals surface area contributed by atoms with Gasteiger partial charge in [0.25, 0.3) is 5.91 Å². The van der Waals surface area contributed by atoms with Crippen molar-refractivity contribution >= 4 is 30.4 Å². The lowest BCUT2D eigenvalue weighted by atomic mass is 10.1. The van der Waals surface area contributed by atoms with Gasteiger partial charge in [-0.25, -0.2) is 0 Å². The summed E-state index contributed by atoms with van der Waals surface area (Å²) in [7, 11) is 0. The Morgan fingerprint density at radius 3 is 2.79 bits per heavy atom. The Kier molecular flexibility index (Phi) is 3.61. The summed E-state index contributed by atoms with van der Waals surface area (Å²) in [4.78, 5) is 37.3. The predicted molar refractivity (Wildman–Crippen MR) is 72.1 cm³/mol. The van der Waals surface area contributed by atoms with Crippen LogP contribution >= 0.6 is 12.6 Å². The standard InChI is InChI=1S/C13H14N2O3S/c1-7-3-4-9(19)5-10(7)13(18)15-6-11(16)14-12(17)8(15)2/h3-5,8,19H,6H2,1-2H3,(H,14,16,17). The molecule has 1 atom stereocenters. The molecule has 6 heteroatoms. The number of nitrogens with one attached hydrogen (secondary N) is 1. The van der Waals surface area contributed by atoms with Gasteiger partial charge in [0.1, 0.15) is 12.6 Å². The minimum Gasteiger partial charge on any atom is -0.318 e. The number of hydrogen-bond acceptors (Lipinski definition) is 4. The third-order valence-corrected chi connectivity index (χ3v) is 3.41. The van der Waals surface area contributed by atoms with Crippen LogP contribution in [0.1, 0.15) is 22.8 Å². The number of amides is 3. The van der Waals surface area contributed by atoms with Crippen LogP contribution in [-0.4, -0.2) is 35.2 Å². The molecule has 0 aliphatic carbocycles. The summed E-state index contributed by atoms with van der Waals surface area (Å²) < 4.78 is 0. The second-order valence-electron chi connectivity index (χ2n) is 4.52. The molecule has 100 valence electrons. The molecule has 1 saturated heterocycles. The lowest BCUT2D eigenvalue weighted by Crippen LogP contribution is -2.58. The first-order valence-electron chi connectivity index (χ1n) is 5.84. The fraction of sp³-hybridized carbons (Fsp3) is 0.308. The summed E-state index contributed by atoms with van der Waals surface area (Å²) in [5, 5.41) is 2.20. The number of hydrogen-bond donors (Lipinski definition) is 2. The van der Waals surface area contributed by atoms with Crippen molar-refractivity contribution in [2.75, 3.05) is 6.54 Å². The largest absolute Gasteiger partial charge is 0.318 e. The van der Waals surface area contributed by atoms with Crippen molar-refractivity contribution in [3.63, 3.8) is 0 Å². The van der Waals surface area contributed by atoms with Gasteiger partial charge >= 0.3 is 0 Å². The maximum atomic E-state index is 12.4. The third-order valence-electron chi connectivity index (χ3n) is 3.14. The number of carbonyl (C=O) groups excluding carboxylic acids is 3. The van der Waals surface area contributed by atoms with Gasteiger partial charge in [-0.1, -0.05) is 6.07 Å². The molecular formula is C13H14N2O3S. The Bertz CT molecular complexity index is 571. The van der Waals surface area contributed by atoms with E-state index in [0.717, 1.165) is 5.56 Å². The lowest BCUT2D eigenvalue weighted by Gasteiger charge is -2.32. The van der Waals surface area contributed by atoms with Crippen molar-refractivity contribution in [1.29, 1.82) is 0 Å². The fourth-order valence-electron chi connectivity index (χ4n) is 1.96.